The number of hydrogen-bond acceptors (Lipinski definition) is 3. The minimum atomic E-state index is -0.923. The van der Waals surface area contributed by atoms with E-state index in [2.05, 4.69) is 0 Å². The number of hydrogen-bond donors (Lipinski definition) is 2. The van der Waals surface area contributed by atoms with Crippen LogP contribution >= 0.6 is 0 Å². The second-order valence-corrected chi connectivity index (χ2v) is 3.94. The zero-order valence-electron chi connectivity index (χ0n) is 9.64. The summed E-state index contributed by atoms with van der Waals surface area (Å²) in [4.78, 5) is 12.1. The smallest absolute Gasteiger partial charge is 0.303 e. The third-order valence-electron chi connectivity index (χ3n) is 2.44. The number of carboxylic acids is 1. The van der Waals surface area contributed by atoms with E-state index in [1.165, 1.54) is 12.1 Å². The van der Waals surface area contributed by atoms with E-state index in [1.807, 2.05) is 0 Å². The minimum absolute atomic E-state index is 0.0571. The van der Waals surface area contributed by atoms with Crippen LogP contribution in [-0.4, -0.2) is 35.9 Å². The van der Waals surface area contributed by atoms with Crippen molar-refractivity contribution >= 4 is 11.7 Å². The number of nitrogens with zero attached hydrogens (tertiary/aromatic N) is 1. The van der Waals surface area contributed by atoms with E-state index >= 15 is 0 Å². The number of rotatable bonds is 6. The summed E-state index contributed by atoms with van der Waals surface area (Å²) >= 11 is 0. The molecule has 1 rings (SSSR count). The average molecular weight is 241 g/mol. The second-order valence-electron chi connectivity index (χ2n) is 3.94. The zero-order chi connectivity index (χ0) is 12.8. The Bertz CT molecular complexity index is 367. The lowest BCUT2D eigenvalue weighted by molar-refractivity contribution is -0.137. The van der Waals surface area contributed by atoms with E-state index in [0.29, 0.717) is 6.54 Å². The maximum absolute atomic E-state index is 12.7. The first-order chi connectivity index (χ1) is 7.99. The number of benzene rings is 1. The van der Waals surface area contributed by atoms with E-state index in [-0.39, 0.29) is 18.7 Å². The van der Waals surface area contributed by atoms with Gasteiger partial charge in [-0.15, -0.1) is 0 Å². The predicted molar refractivity (Wildman–Crippen MR) is 62.5 cm³/mol. The number of anilines is 1. The second kappa shape index (κ2) is 6.20. The molecule has 4 nitrogen and oxygen atoms in total. The van der Waals surface area contributed by atoms with Gasteiger partial charge in [-0.3, -0.25) is 4.79 Å². The van der Waals surface area contributed by atoms with Gasteiger partial charge in [0.25, 0.3) is 0 Å². The molecule has 17 heavy (non-hydrogen) atoms. The summed E-state index contributed by atoms with van der Waals surface area (Å²) in [6.45, 7) is 0.318. The monoisotopic (exact) mass is 241 g/mol. The van der Waals surface area contributed by atoms with E-state index < -0.39 is 12.1 Å². The number of likely N-dealkylation sites (N-methyl/N-ethyl adjacent to an activating group) is 1. The molecular weight excluding hydrogens is 225 g/mol. The molecule has 0 aliphatic carbocycles. The largest absolute Gasteiger partial charge is 0.481 e. The molecule has 1 unspecified atom stereocenters. The van der Waals surface area contributed by atoms with E-state index in [1.54, 1.807) is 24.1 Å². The van der Waals surface area contributed by atoms with Crippen LogP contribution in [0.2, 0.25) is 0 Å². The van der Waals surface area contributed by atoms with Gasteiger partial charge < -0.3 is 15.1 Å². The topological polar surface area (TPSA) is 60.8 Å². The van der Waals surface area contributed by atoms with Crippen LogP contribution < -0.4 is 4.90 Å². The van der Waals surface area contributed by atoms with Crippen LogP contribution in [0.1, 0.15) is 12.8 Å². The van der Waals surface area contributed by atoms with Gasteiger partial charge in [0.2, 0.25) is 0 Å². The third-order valence-corrected chi connectivity index (χ3v) is 2.44. The number of aliphatic hydroxyl groups excluding tert-OH is 1. The number of aliphatic carboxylic acids is 1. The molecule has 2 N–H and O–H groups in total. The van der Waals surface area contributed by atoms with Crippen LogP contribution in [-0.2, 0) is 4.79 Å². The van der Waals surface area contributed by atoms with Crippen LogP contribution in [0.5, 0.6) is 0 Å². The molecule has 0 amide bonds. The maximum Gasteiger partial charge on any atom is 0.303 e. The molecule has 0 aliphatic rings. The summed E-state index contributed by atoms with van der Waals surface area (Å²) in [5, 5.41) is 18.1. The van der Waals surface area contributed by atoms with Crippen molar-refractivity contribution < 1.29 is 19.4 Å². The van der Waals surface area contributed by atoms with Crippen molar-refractivity contribution in [3.05, 3.63) is 30.1 Å². The summed E-state index contributed by atoms with van der Waals surface area (Å²) in [7, 11) is 1.76. The van der Waals surface area contributed by atoms with Gasteiger partial charge in [0.15, 0.2) is 0 Å². The van der Waals surface area contributed by atoms with Gasteiger partial charge in [0, 0.05) is 25.7 Å². The fourth-order valence-corrected chi connectivity index (χ4v) is 1.50. The highest BCUT2D eigenvalue weighted by Crippen LogP contribution is 2.14. The van der Waals surface area contributed by atoms with E-state index in [9.17, 15) is 14.3 Å². The van der Waals surface area contributed by atoms with Crippen LogP contribution in [0.4, 0.5) is 10.1 Å². The average Bonchev–Trinajstić information content (AvgIpc) is 2.27. The molecule has 1 atom stereocenters. The molecule has 1 aromatic carbocycles. The Morgan fingerprint density at radius 2 is 2.00 bits per heavy atom. The summed E-state index contributed by atoms with van der Waals surface area (Å²) in [6.07, 6.45) is -0.555. The van der Waals surface area contributed by atoms with Gasteiger partial charge in [-0.2, -0.15) is 0 Å². The van der Waals surface area contributed by atoms with Gasteiger partial charge >= 0.3 is 5.97 Å². The number of aliphatic hydroxyl groups is 1. The Morgan fingerprint density at radius 3 is 2.53 bits per heavy atom. The van der Waals surface area contributed by atoms with Gasteiger partial charge in [-0.1, -0.05) is 0 Å². The number of carboxylic acid groups (broad SMARTS) is 1. The highest BCUT2D eigenvalue weighted by Gasteiger charge is 2.10. The van der Waals surface area contributed by atoms with Crippen LogP contribution in [0, 0.1) is 5.82 Å². The van der Waals surface area contributed by atoms with Crippen molar-refractivity contribution in [3.63, 3.8) is 0 Å². The van der Waals surface area contributed by atoms with Gasteiger partial charge in [0.05, 0.1) is 6.10 Å². The standard InChI is InChI=1S/C12H16FNO3/c1-14(8-11(15)6-7-12(16)17)10-4-2-9(13)3-5-10/h2-5,11,15H,6-8H2,1H3,(H,16,17). The van der Waals surface area contributed by atoms with E-state index in [0.717, 1.165) is 5.69 Å². The molecule has 0 heterocycles. The Kier molecular flexibility index (Phi) is 4.90. The fraction of sp³-hybridized carbons (Fsp3) is 0.417. The maximum atomic E-state index is 12.7. The fourth-order valence-electron chi connectivity index (χ4n) is 1.50. The Hall–Kier alpha value is -1.62. The highest BCUT2D eigenvalue weighted by atomic mass is 19.1. The molecular formula is C12H16FNO3. The molecule has 0 aromatic heterocycles. The summed E-state index contributed by atoms with van der Waals surface area (Å²) in [5.41, 5.74) is 0.778. The molecule has 0 bridgehead atoms. The zero-order valence-corrected chi connectivity index (χ0v) is 9.64. The molecule has 0 saturated heterocycles. The molecule has 0 spiro atoms. The lowest BCUT2D eigenvalue weighted by atomic mass is 10.2. The molecule has 0 aliphatic heterocycles. The van der Waals surface area contributed by atoms with Crippen molar-refractivity contribution in [2.45, 2.75) is 18.9 Å². The first-order valence-corrected chi connectivity index (χ1v) is 5.35. The normalized spacial score (nSPS) is 12.2. The van der Waals surface area contributed by atoms with Gasteiger partial charge in [-0.25, -0.2) is 4.39 Å². The third kappa shape index (κ3) is 4.82. The van der Waals surface area contributed by atoms with Crippen molar-refractivity contribution in [2.24, 2.45) is 0 Å². The van der Waals surface area contributed by atoms with Crippen LogP contribution in [0.15, 0.2) is 24.3 Å². The molecule has 0 saturated carbocycles. The minimum Gasteiger partial charge on any atom is -0.481 e. The Morgan fingerprint density at radius 1 is 1.41 bits per heavy atom. The van der Waals surface area contributed by atoms with Crippen LogP contribution in [0.3, 0.4) is 0 Å². The van der Waals surface area contributed by atoms with Gasteiger partial charge in [0.1, 0.15) is 5.82 Å². The summed E-state index contributed by atoms with van der Waals surface area (Å²) in [6, 6.07) is 5.91. The first kappa shape index (κ1) is 13.4. The predicted octanol–water partition coefficient (Wildman–Crippen LogP) is 1.49. The highest BCUT2D eigenvalue weighted by molar-refractivity contribution is 5.66. The van der Waals surface area contributed by atoms with Crippen molar-refractivity contribution in [1.29, 1.82) is 0 Å². The number of carbonyl (C=O) groups is 1. The quantitative estimate of drug-likeness (QED) is 0.792. The van der Waals surface area contributed by atoms with Gasteiger partial charge in [-0.05, 0) is 30.7 Å². The SMILES string of the molecule is CN(CC(O)CCC(=O)O)c1ccc(F)cc1. The lowest BCUT2D eigenvalue weighted by Gasteiger charge is -2.22. The van der Waals surface area contributed by atoms with Crippen molar-refractivity contribution in [1.82, 2.24) is 0 Å². The summed E-state index contributed by atoms with van der Waals surface area (Å²) < 4.78 is 12.7. The Balaban J connectivity index is 2.45. The molecule has 0 radical (unpaired) electrons. The van der Waals surface area contributed by atoms with Crippen molar-refractivity contribution in [2.75, 3.05) is 18.5 Å². The molecule has 1 aromatic rings. The molecule has 94 valence electrons. The lowest BCUT2D eigenvalue weighted by Crippen LogP contribution is -2.29. The van der Waals surface area contributed by atoms with E-state index in [4.69, 9.17) is 5.11 Å². The van der Waals surface area contributed by atoms with Crippen molar-refractivity contribution in [3.8, 4) is 0 Å². The summed E-state index contributed by atoms with van der Waals surface area (Å²) in [5.74, 6) is -1.23. The molecule has 0 fully saturated rings. The number of halogens is 1. The molecule has 5 heteroatoms. The Labute approximate surface area is 99.3 Å². The van der Waals surface area contributed by atoms with Crippen LogP contribution in [0.25, 0.3) is 0 Å². The first-order valence-electron chi connectivity index (χ1n) is 5.35.